The highest BCUT2D eigenvalue weighted by Crippen LogP contribution is 2.35. The molecule has 1 atom stereocenters. The van der Waals surface area contributed by atoms with Crippen molar-refractivity contribution in [3.05, 3.63) is 57.0 Å². The van der Waals surface area contributed by atoms with E-state index in [1.807, 2.05) is 12.1 Å². The molecule has 2 aromatic rings. The molecule has 0 aliphatic carbocycles. The number of hydrogen-bond donors (Lipinski definition) is 0. The Bertz CT molecular complexity index is 801. The Kier molecular flexibility index (Phi) is 3.83. The van der Waals surface area contributed by atoms with Crippen molar-refractivity contribution < 1.29 is 19.2 Å². The molecule has 118 valence electrons. The van der Waals surface area contributed by atoms with E-state index in [0.29, 0.717) is 12.1 Å². The topological polar surface area (TPSA) is 89.8 Å². The average Bonchev–Trinajstić information content (AvgIpc) is 3.18. The van der Waals surface area contributed by atoms with Gasteiger partial charge in [-0.25, -0.2) is 4.79 Å². The van der Waals surface area contributed by atoms with Crippen LogP contribution in [-0.2, 0) is 16.0 Å². The number of amides is 1. The highest BCUT2D eigenvalue weighted by molar-refractivity contribution is 7.17. The van der Waals surface area contributed by atoms with Crippen LogP contribution in [-0.4, -0.2) is 30.0 Å². The Hall–Kier alpha value is -2.74. The number of carbonyl (C=O) groups is 2. The number of nitro groups is 1. The summed E-state index contributed by atoms with van der Waals surface area (Å²) in [5, 5.41) is 10.7. The SMILES string of the molecule is COC(=O)C1Cc2ccccc2N1C(=O)c1ccc([N+](=O)[O-])s1. The summed E-state index contributed by atoms with van der Waals surface area (Å²) in [6.07, 6.45) is 0.363. The molecule has 0 radical (unpaired) electrons. The quantitative estimate of drug-likeness (QED) is 0.489. The summed E-state index contributed by atoms with van der Waals surface area (Å²) in [7, 11) is 1.27. The Balaban J connectivity index is 2.00. The monoisotopic (exact) mass is 332 g/mol. The number of methoxy groups -OCH3 is 1. The van der Waals surface area contributed by atoms with Crippen molar-refractivity contribution in [3.63, 3.8) is 0 Å². The normalized spacial score (nSPS) is 16.0. The van der Waals surface area contributed by atoms with Gasteiger partial charge >= 0.3 is 11.0 Å². The first-order valence-corrected chi connectivity index (χ1v) is 7.58. The van der Waals surface area contributed by atoms with Crippen LogP contribution >= 0.6 is 11.3 Å². The van der Waals surface area contributed by atoms with E-state index in [1.54, 1.807) is 12.1 Å². The van der Waals surface area contributed by atoms with Crippen molar-refractivity contribution in [2.45, 2.75) is 12.5 Å². The number of fused-ring (bicyclic) bond motifs is 1. The summed E-state index contributed by atoms with van der Waals surface area (Å²) >= 11 is 0.790. The smallest absolute Gasteiger partial charge is 0.329 e. The molecule has 1 aliphatic rings. The number of ether oxygens (including phenoxy) is 1. The molecule has 3 rings (SSSR count). The number of esters is 1. The lowest BCUT2D eigenvalue weighted by atomic mass is 10.1. The van der Waals surface area contributed by atoms with Crippen LogP contribution in [0.1, 0.15) is 15.2 Å². The number of thiophene rings is 1. The van der Waals surface area contributed by atoms with E-state index >= 15 is 0 Å². The van der Waals surface area contributed by atoms with Crippen LogP contribution in [0.4, 0.5) is 10.7 Å². The van der Waals surface area contributed by atoms with Crippen molar-refractivity contribution in [2.75, 3.05) is 12.0 Å². The fourth-order valence-electron chi connectivity index (χ4n) is 2.62. The third-order valence-corrected chi connectivity index (χ3v) is 4.68. The van der Waals surface area contributed by atoms with Gasteiger partial charge in [-0.3, -0.25) is 19.8 Å². The lowest BCUT2D eigenvalue weighted by Crippen LogP contribution is -2.43. The minimum Gasteiger partial charge on any atom is -0.467 e. The van der Waals surface area contributed by atoms with Gasteiger partial charge in [-0.1, -0.05) is 29.5 Å². The van der Waals surface area contributed by atoms with Crippen LogP contribution in [0, 0.1) is 10.1 Å². The highest BCUT2D eigenvalue weighted by Gasteiger charge is 2.40. The maximum Gasteiger partial charge on any atom is 0.329 e. The van der Waals surface area contributed by atoms with E-state index in [9.17, 15) is 19.7 Å². The number of para-hydroxylation sites is 1. The van der Waals surface area contributed by atoms with E-state index in [4.69, 9.17) is 4.74 Å². The third-order valence-electron chi connectivity index (χ3n) is 3.65. The van der Waals surface area contributed by atoms with Gasteiger partial charge in [0.15, 0.2) is 0 Å². The largest absolute Gasteiger partial charge is 0.467 e. The summed E-state index contributed by atoms with van der Waals surface area (Å²) in [6, 6.07) is 9.12. The minimum atomic E-state index is -0.758. The van der Waals surface area contributed by atoms with E-state index < -0.39 is 22.8 Å². The summed E-state index contributed by atoms with van der Waals surface area (Å²) in [5.74, 6) is -0.955. The molecular formula is C15H12N2O5S. The molecule has 0 N–H and O–H groups in total. The summed E-state index contributed by atoms with van der Waals surface area (Å²) in [5.41, 5.74) is 1.49. The van der Waals surface area contributed by atoms with Crippen LogP contribution in [0.5, 0.6) is 0 Å². The van der Waals surface area contributed by atoms with Crippen LogP contribution in [0.2, 0.25) is 0 Å². The molecule has 0 spiro atoms. The number of nitrogens with zero attached hydrogens (tertiary/aromatic N) is 2. The first-order valence-electron chi connectivity index (χ1n) is 6.76. The van der Waals surface area contributed by atoms with Gasteiger partial charge < -0.3 is 4.74 Å². The van der Waals surface area contributed by atoms with Crippen molar-refractivity contribution in [1.82, 2.24) is 0 Å². The number of hydrogen-bond acceptors (Lipinski definition) is 6. The summed E-state index contributed by atoms with van der Waals surface area (Å²) in [4.78, 5) is 36.6. The van der Waals surface area contributed by atoms with Crippen molar-refractivity contribution in [2.24, 2.45) is 0 Å². The molecule has 1 unspecified atom stereocenters. The first kappa shape index (κ1) is 15.2. The van der Waals surface area contributed by atoms with Gasteiger partial charge in [0, 0.05) is 18.2 Å². The van der Waals surface area contributed by atoms with Gasteiger partial charge in [-0.2, -0.15) is 0 Å². The highest BCUT2D eigenvalue weighted by atomic mass is 32.1. The number of anilines is 1. The standard InChI is InChI=1S/C15H12N2O5S/c1-22-15(19)11-8-9-4-2-3-5-10(9)16(11)14(18)12-6-7-13(23-12)17(20)21/h2-7,11H,8H2,1H3. The fourth-order valence-corrected chi connectivity index (χ4v) is 3.38. The van der Waals surface area contributed by atoms with Crippen LogP contribution in [0.15, 0.2) is 36.4 Å². The zero-order valence-electron chi connectivity index (χ0n) is 12.1. The molecule has 1 amide bonds. The van der Waals surface area contributed by atoms with Crippen LogP contribution in [0.3, 0.4) is 0 Å². The van der Waals surface area contributed by atoms with Crippen molar-refractivity contribution >= 4 is 33.9 Å². The maximum atomic E-state index is 12.8. The molecule has 8 heteroatoms. The zero-order valence-corrected chi connectivity index (χ0v) is 12.9. The lowest BCUT2D eigenvalue weighted by Gasteiger charge is -2.23. The Morgan fingerprint density at radius 1 is 1.30 bits per heavy atom. The molecule has 0 saturated heterocycles. The van der Waals surface area contributed by atoms with Gasteiger partial charge in [0.25, 0.3) is 5.91 Å². The minimum absolute atomic E-state index is 0.115. The molecule has 1 aromatic heterocycles. The van der Waals surface area contributed by atoms with Crippen molar-refractivity contribution in [3.8, 4) is 0 Å². The Morgan fingerprint density at radius 3 is 2.70 bits per heavy atom. The van der Waals surface area contributed by atoms with E-state index in [0.717, 1.165) is 16.9 Å². The zero-order chi connectivity index (χ0) is 16.6. The predicted octanol–water partition coefficient (Wildman–Crippen LogP) is 2.40. The third kappa shape index (κ3) is 2.57. The van der Waals surface area contributed by atoms with Gasteiger partial charge in [0.05, 0.1) is 16.9 Å². The van der Waals surface area contributed by atoms with E-state index in [-0.39, 0.29) is 9.88 Å². The molecule has 2 heterocycles. The molecular weight excluding hydrogens is 320 g/mol. The van der Waals surface area contributed by atoms with Crippen molar-refractivity contribution in [1.29, 1.82) is 0 Å². The fraction of sp³-hybridized carbons (Fsp3) is 0.200. The predicted molar refractivity (Wildman–Crippen MR) is 83.7 cm³/mol. The second-order valence-corrected chi connectivity index (χ2v) is 6.00. The molecule has 1 aliphatic heterocycles. The van der Waals surface area contributed by atoms with Gasteiger partial charge in [0.1, 0.15) is 6.04 Å². The molecule has 23 heavy (non-hydrogen) atoms. The number of benzene rings is 1. The molecule has 1 aromatic carbocycles. The Morgan fingerprint density at radius 2 is 2.04 bits per heavy atom. The van der Waals surface area contributed by atoms with Gasteiger partial charge in [-0.15, -0.1) is 0 Å². The molecule has 0 saturated carbocycles. The van der Waals surface area contributed by atoms with E-state index in [2.05, 4.69) is 0 Å². The van der Waals surface area contributed by atoms with Crippen LogP contribution in [0.25, 0.3) is 0 Å². The van der Waals surface area contributed by atoms with E-state index in [1.165, 1.54) is 24.1 Å². The van der Waals surface area contributed by atoms with Crippen LogP contribution < -0.4 is 4.90 Å². The van der Waals surface area contributed by atoms with Gasteiger partial charge in [-0.05, 0) is 17.7 Å². The second-order valence-electron chi connectivity index (χ2n) is 4.94. The maximum absolute atomic E-state index is 12.8. The first-order chi connectivity index (χ1) is 11.0. The molecule has 7 nitrogen and oxygen atoms in total. The summed E-state index contributed by atoms with van der Waals surface area (Å²) in [6.45, 7) is 0. The lowest BCUT2D eigenvalue weighted by molar-refractivity contribution is -0.380. The molecule has 0 bridgehead atoms. The number of carbonyl (C=O) groups excluding carboxylic acids is 2. The van der Waals surface area contributed by atoms with Gasteiger partial charge in [0.2, 0.25) is 0 Å². The average molecular weight is 332 g/mol. The Labute approximate surface area is 135 Å². The molecule has 0 fully saturated rings. The number of rotatable bonds is 3. The second kappa shape index (κ2) is 5.81. The summed E-state index contributed by atoms with van der Waals surface area (Å²) < 4.78 is 4.79.